The Morgan fingerprint density at radius 3 is 2.59 bits per heavy atom. The third-order valence-electron chi connectivity index (χ3n) is 6.11. The molecule has 1 aromatic carbocycles. The van der Waals surface area contributed by atoms with E-state index < -0.39 is 11.6 Å². The largest absolute Gasteiger partial charge is 0.494 e. The Balaban J connectivity index is 1.36. The minimum absolute atomic E-state index is 0.0967. The second kappa shape index (κ2) is 7.16. The van der Waals surface area contributed by atoms with Gasteiger partial charge in [-0.3, -0.25) is 0 Å². The van der Waals surface area contributed by atoms with E-state index >= 15 is 0 Å². The summed E-state index contributed by atoms with van der Waals surface area (Å²) in [6, 6.07) is 9.77. The third-order valence-corrected chi connectivity index (χ3v) is 6.11. The molecule has 2 saturated heterocycles. The molecule has 2 fully saturated rings. The molecular formula is C23H19F2N5O2. The average Bonchev–Trinajstić information content (AvgIpc) is 3.16. The van der Waals surface area contributed by atoms with Crippen LogP contribution in [0.3, 0.4) is 0 Å². The first kappa shape index (κ1) is 19.0. The van der Waals surface area contributed by atoms with Crippen LogP contribution in [0.1, 0.15) is 6.42 Å². The smallest absolute Gasteiger partial charge is 0.200 e. The zero-order valence-electron chi connectivity index (χ0n) is 16.8. The predicted octanol–water partition coefficient (Wildman–Crippen LogP) is 4.33. The fraction of sp³-hybridized carbons (Fsp3) is 0.217. The van der Waals surface area contributed by atoms with Crippen LogP contribution in [0.15, 0.2) is 48.8 Å². The number of pyridine rings is 2. The molecule has 0 aliphatic carbocycles. The second-order valence-corrected chi connectivity index (χ2v) is 8.06. The molecule has 6 rings (SSSR count). The van der Waals surface area contributed by atoms with Crippen LogP contribution < -0.4 is 10.2 Å². The molecule has 9 heteroatoms. The molecule has 7 nitrogen and oxygen atoms in total. The number of nitrogens with zero attached hydrogens (tertiary/aromatic N) is 3. The van der Waals surface area contributed by atoms with Gasteiger partial charge < -0.3 is 25.0 Å². The van der Waals surface area contributed by atoms with Gasteiger partial charge in [0.15, 0.2) is 5.88 Å². The molecule has 0 spiro atoms. The van der Waals surface area contributed by atoms with Crippen molar-refractivity contribution in [3.05, 3.63) is 60.4 Å². The highest BCUT2D eigenvalue weighted by molar-refractivity contribution is 5.99. The molecular weight excluding hydrogens is 416 g/mol. The molecule has 3 N–H and O–H groups in total. The fourth-order valence-electron chi connectivity index (χ4n) is 4.61. The summed E-state index contributed by atoms with van der Waals surface area (Å²) in [4.78, 5) is 13.9. The lowest BCUT2D eigenvalue weighted by atomic mass is 9.91. The summed E-state index contributed by atoms with van der Waals surface area (Å²) in [6.45, 7) is 1.46. The van der Waals surface area contributed by atoms with E-state index in [9.17, 15) is 13.9 Å². The highest BCUT2D eigenvalue weighted by Crippen LogP contribution is 2.38. The first-order valence-corrected chi connectivity index (χ1v) is 10.3. The Morgan fingerprint density at radius 2 is 1.91 bits per heavy atom. The zero-order chi connectivity index (χ0) is 21.8. The molecule has 2 aliphatic rings. The Kier molecular flexibility index (Phi) is 4.25. The van der Waals surface area contributed by atoms with E-state index in [1.54, 1.807) is 6.20 Å². The maximum Gasteiger partial charge on any atom is 0.200 e. The lowest BCUT2D eigenvalue weighted by molar-refractivity contribution is 0.0103. The monoisotopic (exact) mass is 435 g/mol. The maximum atomic E-state index is 14.4. The van der Waals surface area contributed by atoms with Crippen LogP contribution in [0.5, 0.6) is 5.88 Å². The van der Waals surface area contributed by atoms with Gasteiger partial charge in [0.25, 0.3) is 0 Å². The van der Waals surface area contributed by atoms with Crippen LogP contribution in [0.25, 0.3) is 22.2 Å². The number of hydrogen-bond donors (Lipinski definition) is 3. The Bertz CT molecular complexity index is 1290. The summed E-state index contributed by atoms with van der Waals surface area (Å²) in [5.74, 6) is -0.993. The van der Waals surface area contributed by atoms with Crippen LogP contribution in [0.2, 0.25) is 0 Å². The normalized spacial score (nSPS) is 19.8. The zero-order valence-corrected chi connectivity index (χ0v) is 16.8. The molecule has 2 unspecified atom stereocenters. The molecule has 0 radical (unpaired) electrons. The molecule has 2 bridgehead atoms. The van der Waals surface area contributed by atoms with E-state index in [1.807, 2.05) is 12.1 Å². The Hall–Kier alpha value is -3.72. The number of aromatic amines is 1. The van der Waals surface area contributed by atoms with Crippen molar-refractivity contribution < 1.29 is 18.6 Å². The number of halogens is 2. The van der Waals surface area contributed by atoms with Crippen molar-refractivity contribution in [3.8, 4) is 17.1 Å². The van der Waals surface area contributed by atoms with E-state index in [0.29, 0.717) is 34.5 Å². The van der Waals surface area contributed by atoms with E-state index in [0.717, 1.165) is 25.3 Å². The van der Waals surface area contributed by atoms with Crippen LogP contribution in [0, 0.1) is 11.6 Å². The summed E-state index contributed by atoms with van der Waals surface area (Å²) >= 11 is 0. The van der Waals surface area contributed by atoms with Gasteiger partial charge in [-0.05, 0) is 36.8 Å². The first-order valence-electron chi connectivity index (χ1n) is 10.3. The summed E-state index contributed by atoms with van der Waals surface area (Å²) in [6.07, 6.45) is 4.41. The van der Waals surface area contributed by atoms with Gasteiger partial charge in [-0.15, -0.1) is 0 Å². The topological polar surface area (TPSA) is 86.3 Å². The van der Waals surface area contributed by atoms with E-state index in [2.05, 4.69) is 25.2 Å². The second-order valence-electron chi connectivity index (χ2n) is 8.06. The average molecular weight is 435 g/mol. The number of fused-ring (bicyclic) bond motifs is 3. The van der Waals surface area contributed by atoms with E-state index in [-0.39, 0.29) is 17.1 Å². The van der Waals surface area contributed by atoms with Crippen molar-refractivity contribution in [1.29, 1.82) is 0 Å². The number of nitrogens with one attached hydrogen (secondary N) is 2. The number of anilines is 3. The van der Waals surface area contributed by atoms with Gasteiger partial charge in [0.05, 0.1) is 65.0 Å². The molecule has 3 aromatic heterocycles. The van der Waals surface area contributed by atoms with Crippen molar-refractivity contribution in [2.45, 2.75) is 18.5 Å². The number of H-pyrrole nitrogens is 1. The number of morpholine rings is 1. The van der Waals surface area contributed by atoms with Gasteiger partial charge in [0.2, 0.25) is 0 Å². The van der Waals surface area contributed by atoms with Gasteiger partial charge in [-0.25, -0.2) is 18.7 Å². The quantitative estimate of drug-likeness (QED) is 0.442. The Labute approximate surface area is 181 Å². The van der Waals surface area contributed by atoms with Crippen molar-refractivity contribution in [3.63, 3.8) is 0 Å². The predicted molar refractivity (Wildman–Crippen MR) is 116 cm³/mol. The molecule has 4 aromatic rings. The summed E-state index contributed by atoms with van der Waals surface area (Å²) in [5, 5.41) is 13.8. The highest BCUT2D eigenvalue weighted by Gasteiger charge is 2.42. The van der Waals surface area contributed by atoms with Crippen molar-refractivity contribution in [1.82, 2.24) is 15.0 Å². The molecule has 162 valence electrons. The third kappa shape index (κ3) is 2.96. The molecule has 0 amide bonds. The molecule has 32 heavy (non-hydrogen) atoms. The molecule has 5 heterocycles. The summed E-state index contributed by atoms with van der Waals surface area (Å²) < 4.78 is 34.3. The van der Waals surface area contributed by atoms with Gasteiger partial charge in [-0.2, -0.15) is 0 Å². The maximum absolute atomic E-state index is 14.4. The Morgan fingerprint density at radius 1 is 1.12 bits per heavy atom. The fourth-order valence-corrected chi connectivity index (χ4v) is 4.61. The lowest BCUT2D eigenvalue weighted by Gasteiger charge is -2.53. The number of hydrogen-bond acceptors (Lipinski definition) is 6. The number of aromatic nitrogens is 3. The molecule has 0 saturated carbocycles. The van der Waals surface area contributed by atoms with Gasteiger partial charge in [0.1, 0.15) is 17.5 Å². The number of aromatic hydroxyl groups is 1. The number of ether oxygens (including phenoxy) is 1. The van der Waals surface area contributed by atoms with E-state index in [1.165, 1.54) is 30.5 Å². The number of rotatable bonds is 4. The van der Waals surface area contributed by atoms with Gasteiger partial charge >= 0.3 is 0 Å². The van der Waals surface area contributed by atoms with E-state index in [4.69, 9.17) is 4.74 Å². The minimum atomic E-state index is -0.714. The van der Waals surface area contributed by atoms with Gasteiger partial charge in [-0.1, -0.05) is 6.07 Å². The lowest BCUT2D eigenvalue weighted by Crippen LogP contribution is -2.64. The minimum Gasteiger partial charge on any atom is -0.494 e. The standard InChI is InChI=1S/C23H19F2N5O2/c24-15-2-1-3-16(25)21(15)17-7-18(22-19(28-17)9-27-23(22)31)29-20-5-4-12(8-26-20)30-13-6-14(30)11-32-10-13/h1-5,7-9,13-14,27,31H,6,10-11H2,(H,26,29). The summed E-state index contributed by atoms with van der Waals surface area (Å²) in [5.41, 5.74) is 1.71. The van der Waals surface area contributed by atoms with Crippen LogP contribution in [-0.2, 0) is 4.74 Å². The molecule has 2 atom stereocenters. The SMILES string of the molecule is Oc1[nH]cc2nc(-c3c(F)cccc3F)cc(Nc3ccc(N4C5COCC4C5)cn3)c12. The number of benzene rings is 1. The summed E-state index contributed by atoms with van der Waals surface area (Å²) in [7, 11) is 0. The van der Waals surface area contributed by atoms with Gasteiger partial charge in [0, 0.05) is 6.20 Å². The van der Waals surface area contributed by atoms with Crippen LogP contribution >= 0.6 is 0 Å². The molecule has 2 aliphatic heterocycles. The first-order chi connectivity index (χ1) is 15.6. The highest BCUT2D eigenvalue weighted by atomic mass is 19.1. The van der Waals surface area contributed by atoms with Crippen molar-refractivity contribution in [2.75, 3.05) is 23.4 Å². The van der Waals surface area contributed by atoms with Crippen LogP contribution in [0.4, 0.5) is 26.0 Å². The van der Waals surface area contributed by atoms with Crippen LogP contribution in [-0.4, -0.2) is 45.4 Å². The van der Waals surface area contributed by atoms with Crippen molar-refractivity contribution >= 4 is 28.1 Å². The van der Waals surface area contributed by atoms with Crippen molar-refractivity contribution in [2.24, 2.45) is 0 Å².